The lowest BCUT2D eigenvalue weighted by Crippen LogP contribution is -2.41. The van der Waals surface area contributed by atoms with Gasteiger partial charge in [0.05, 0.1) is 25.9 Å². The van der Waals surface area contributed by atoms with E-state index < -0.39 is 0 Å². The van der Waals surface area contributed by atoms with Crippen LogP contribution in [0.3, 0.4) is 0 Å². The summed E-state index contributed by atoms with van der Waals surface area (Å²) < 4.78 is 10.7. The summed E-state index contributed by atoms with van der Waals surface area (Å²) >= 11 is 0. The van der Waals surface area contributed by atoms with E-state index in [-0.39, 0.29) is 11.4 Å². The van der Waals surface area contributed by atoms with Crippen LogP contribution in [0, 0.1) is 0 Å². The maximum atomic E-state index is 11.1. The Labute approximate surface area is 71.3 Å². The molecule has 2 aliphatic heterocycles. The highest BCUT2D eigenvalue weighted by Gasteiger charge is 2.37. The van der Waals surface area contributed by atoms with Crippen LogP contribution in [0.2, 0.25) is 0 Å². The Morgan fingerprint density at radius 3 is 2.75 bits per heavy atom. The molecule has 1 fully saturated rings. The van der Waals surface area contributed by atoms with Gasteiger partial charge < -0.3 is 9.47 Å². The van der Waals surface area contributed by atoms with E-state index in [4.69, 9.17) is 9.47 Å². The van der Waals surface area contributed by atoms with Gasteiger partial charge in [-0.05, 0) is 0 Å². The number of hydrogen-bond donors (Lipinski definition) is 0. The predicted molar refractivity (Wildman–Crippen MR) is 42.6 cm³/mol. The van der Waals surface area contributed by atoms with Crippen LogP contribution in [-0.4, -0.2) is 24.6 Å². The molecule has 2 heterocycles. The third-order valence-electron chi connectivity index (χ3n) is 2.47. The SMILES string of the molecule is O=C1C=COC2(CCOCC2)C1. The lowest BCUT2D eigenvalue weighted by molar-refractivity contribution is -0.129. The molecule has 0 radical (unpaired) electrons. The molecule has 0 aromatic carbocycles. The van der Waals surface area contributed by atoms with Gasteiger partial charge in [-0.2, -0.15) is 0 Å². The summed E-state index contributed by atoms with van der Waals surface area (Å²) in [6, 6.07) is 0. The first-order valence-corrected chi connectivity index (χ1v) is 4.26. The van der Waals surface area contributed by atoms with Crippen LogP contribution in [-0.2, 0) is 14.3 Å². The standard InChI is InChI=1S/C9H12O3/c10-8-1-4-12-9(7-8)2-5-11-6-3-9/h1,4H,2-3,5-7H2. The van der Waals surface area contributed by atoms with E-state index in [9.17, 15) is 4.79 Å². The zero-order valence-electron chi connectivity index (χ0n) is 6.91. The summed E-state index contributed by atoms with van der Waals surface area (Å²) in [7, 11) is 0. The van der Waals surface area contributed by atoms with Crippen LogP contribution in [0.1, 0.15) is 19.3 Å². The van der Waals surface area contributed by atoms with Gasteiger partial charge >= 0.3 is 0 Å². The van der Waals surface area contributed by atoms with Gasteiger partial charge in [0.2, 0.25) is 0 Å². The molecule has 0 atom stereocenters. The minimum absolute atomic E-state index is 0.170. The number of carbonyl (C=O) groups excluding carboxylic acids is 1. The molecule has 0 saturated carbocycles. The molecule has 2 rings (SSSR count). The monoisotopic (exact) mass is 168 g/mol. The smallest absolute Gasteiger partial charge is 0.162 e. The Bertz CT molecular complexity index is 214. The number of rotatable bonds is 0. The van der Waals surface area contributed by atoms with Gasteiger partial charge in [-0.3, -0.25) is 4.79 Å². The summed E-state index contributed by atoms with van der Waals surface area (Å²) in [6.07, 6.45) is 5.22. The van der Waals surface area contributed by atoms with Gasteiger partial charge in [-0.1, -0.05) is 0 Å². The highest BCUT2D eigenvalue weighted by atomic mass is 16.5. The Kier molecular flexibility index (Phi) is 1.89. The number of ketones is 1. The molecule has 0 unspecified atom stereocenters. The Hall–Kier alpha value is -0.830. The van der Waals surface area contributed by atoms with Crippen LogP contribution in [0.4, 0.5) is 0 Å². The van der Waals surface area contributed by atoms with Crippen LogP contribution in [0.5, 0.6) is 0 Å². The number of carbonyl (C=O) groups is 1. The molecular weight excluding hydrogens is 156 g/mol. The molecule has 3 heteroatoms. The van der Waals surface area contributed by atoms with E-state index in [0.29, 0.717) is 19.6 Å². The molecule has 0 N–H and O–H groups in total. The molecule has 0 aromatic heterocycles. The second-order valence-corrected chi connectivity index (χ2v) is 3.36. The van der Waals surface area contributed by atoms with Gasteiger partial charge in [-0.15, -0.1) is 0 Å². The summed E-state index contributed by atoms with van der Waals surface area (Å²) in [5.74, 6) is 0.170. The maximum Gasteiger partial charge on any atom is 0.162 e. The second kappa shape index (κ2) is 2.90. The van der Waals surface area contributed by atoms with Crippen molar-refractivity contribution >= 4 is 5.78 Å². The Balaban J connectivity index is 2.09. The summed E-state index contributed by atoms with van der Waals surface area (Å²) in [5, 5.41) is 0. The van der Waals surface area contributed by atoms with Crippen molar-refractivity contribution in [2.75, 3.05) is 13.2 Å². The van der Waals surface area contributed by atoms with E-state index in [1.54, 1.807) is 0 Å². The van der Waals surface area contributed by atoms with E-state index in [2.05, 4.69) is 0 Å². The fourth-order valence-corrected chi connectivity index (χ4v) is 1.71. The summed E-state index contributed by atoms with van der Waals surface area (Å²) in [6.45, 7) is 1.42. The zero-order valence-corrected chi connectivity index (χ0v) is 6.91. The molecule has 0 bridgehead atoms. The first-order valence-electron chi connectivity index (χ1n) is 4.26. The molecule has 1 saturated heterocycles. The Morgan fingerprint density at radius 1 is 1.33 bits per heavy atom. The quantitative estimate of drug-likeness (QED) is 0.542. The Morgan fingerprint density at radius 2 is 2.08 bits per heavy atom. The van der Waals surface area contributed by atoms with Crippen LogP contribution in [0.15, 0.2) is 12.3 Å². The topological polar surface area (TPSA) is 35.5 Å². The normalized spacial score (nSPS) is 27.2. The van der Waals surface area contributed by atoms with Crippen LogP contribution in [0.25, 0.3) is 0 Å². The van der Waals surface area contributed by atoms with Gasteiger partial charge in [0.15, 0.2) is 5.78 Å². The lowest BCUT2D eigenvalue weighted by Gasteiger charge is -2.37. The minimum Gasteiger partial charge on any atom is -0.494 e. The number of allylic oxidation sites excluding steroid dienone is 1. The highest BCUT2D eigenvalue weighted by molar-refractivity contribution is 5.90. The van der Waals surface area contributed by atoms with Gasteiger partial charge in [-0.25, -0.2) is 0 Å². The van der Waals surface area contributed by atoms with Crippen molar-refractivity contribution in [3.63, 3.8) is 0 Å². The second-order valence-electron chi connectivity index (χ2n) is 3.36. The van der Waals surface area contributed by atoms with Crippen LogP contribution < -0.4 is 0 Å². The first kappa shape index (κ1) is 7.80. The molecule has 2 aliphatic rings. The lowest BCUT2D eigenvalue weighted by atomic mass is 9.87. The van der Waals surface area contributed by atoms with Gasteiger partial charge in [0.25, 0.3) is 0 Å². The van der Waals surface area contributed by atoms with Crippen molar-refractivity contribution in [2.45, 2.75) is 24.9 Å². The molecule has 66 valence electrons. The molecule has 0 aromatic rings. The summed E-state index contributed by atoms with van der Waals surface area (Å²) in [4.78, 5) is 11.1. The average molecular weight is 168 g/mol. The zero-order chi connectivity index (χ0) is 8.44. The van der Waals surface area contributed by atoms with E-state index in [1.165, 1.54) is 12.3 Å². The van der Waals surface area contributed by atoms with Crippen molar-refractivity contribution < 1.29 is 14.3 Å². The molecule has 3 nitrogen and oxygen atoms in total. The van der Waals surface area contributed by atoms with E-state index in [0.717, 1.165) is 12.8 Å². The first-order chi connectivity index (χ1) is 5.81. The molecule has 0 aliphatic carbocycles. The molecular formula is C9H12O3. The molecule has 0 amide bonds. The van der Waals surface area contributed by atoms with Crippen molar-refractivity contribution in [1.29, 1.82) is 0 Å². The number of ether oxygens (including phenoxy) is 2. The van der Waals surface area contributed by atoms with Crippen LogP contribution >= 0.6 is 0 Å². The van der Waals surface area contributed by atoms with Gasteiger partial charge in [0, 0.05) is 18.9 Å². The van der Waals surface area contributed by atoms with E-state index >= 15 is 0 Å². The predicted octanol–water partition coefficient (Wildman–Crippen LogP) is 1.04. The number of hydrogen-bond acceptors (Lipinski definition) is 3. The largest absolute Gasteiger partial charge is 0.494 e. The maximum absolute atomic E-state index is 11.1. The molecule has 1 spiro atoms. The minimum atomic E-state index is -0.232. The van der Waals surface area contributed by atoms with Crippen molar-refractivity contribution in [2.24, 2.45) is 0 Å². The average Bonchev–Trinajstić information content (AvgIpc) is 2.05. The fraction of sp³-hybridized carbons (Fsp3) is 0.667. The van der Waals surface area contributed by atoms with Crippen molar-refractivity contribution in [3.8, 4) is 0 Å². The van der Waals surface area contributed by atoms with E-state index in [1.807, 2.05) is 0 Å². The highest BCUT2D eigenvalue weighted by Crippen LogP contribution is 2.31. The molecule has 12 heavy (non-hydrogen) atoms. The summed E-state index contributed by atoms with van der Waals surface area (Å²) in [5.41, 5.74) is -0.232. The third-order valence-corrected chi connectivity index (χ3v) is 2.47. The van der Waals surface area contributed by atoms with Crippen molar-refractivity contribution in [1.82, 2.24) is 0 Å². The fourth-order valence-electron chi connectivity index (χ4n) is 1.71. The van der Waals surface area contributed by atoms with Crippen molar-refractivity contribution in [3.05, 3.63) is 12.3 Å². The van der Waals surface area contributed by atoms with Gasteiger partial charge in [0.1, 0.15) is 5.60 Å². The third kappa shape index (κ3) is 1.37.